The van der Waals surface area contributed by atoms with Crippen molar-refractivity contribution in [2.24, 2.45) is 11.3 Å². The van der Waals surface area contributed by atoms with Gasteiger partial charge in [0.15, 0.2) is 5.75 Å². The van der Waals surface area contributed by atoms with E-state index in [0.717, 1.165) is 6.26 Å². The Morgan fingerprint density at radius 2 is 2.00 bits per heavy atom. The Bertz CT molecular complexity index is 579. The van der Waals surface area contributed by atoms with Gasteiger partial charge in [-0.3, -0.25) is 0 Å². The summed E-state index contributed by atoms with van der Waals surface area (Å²) >= 11 is 0. The van der Waals surface area contributed by atoms with Gasteiger partial charge >= 0.3 is 0 Å². The normalized spacial score (nSPS) is 24.6. The maximum absolute atomic E-state index is 11.3. The minimum Gasteiger partial charge on any atom is -0.490 e. The molecule has 1 unspecified atom stereocenters. The third-order valence-electron chi connectivity index (χ3n) is 4.42. The zero-order chi connectivity index (χ0) is 14.2. The van der Waals surface area contributed by atoms with Crippen molar-refractivity contribution < 1.29 is 13.2 Å². The number of rotatable bonds is 4. The van der Waals surface area contributed by atoms with Gasteiger partial charge in [0, 0.05) is 6.26 Å². The smallest absolute Gasteiger partial charge is 0.246 e. The van der Waals surface area contributed by atoms with E-state index >= 15 is 0 Å². The van der Waals surface area contributed by atoms with Crippen LogP contribution in [0.4, 0.5) is 0 Å². The summed E-state index contributed by atoms with van der Waals surface area (Å²) in [5, 5.41) is -0.153. The van der Waals surface area contributed by atoms with Gasteiger partial charge in [0.2, 0.25) is 15.0 Å². The molecule has 1 spiro atoms. The fourth-order valence-corrected chi connectivity index (χ4v) is 3.63. The standard InChI is InChI=1S/C14H20N2O3S/c1-20(17,18)13-15-8-12(9-16-13)19-10-11-3-2-4-14(7-11)5-6-14/h8-9,11H,2-7,10H2,1H3. The molecule has 5 nitrogen and oxygen atoms in total. The van der Waals surface area contributed by atoms with Crippen molar-refractivity contribution in [3.05, 3.63) is 12.4 Å². The fraction of sp³-hybridized carbons (Fsp3) is 0.714. The lowest BCUT2D eigenvalue weighted by Crippen LogP contribution is -2.22. The number of hydrogen-bond acceptors (Lipinski definition) is 5. The molecule has 0 radical (unpaired) electrons. The number of hydrogen-bond donors (Lipinski definition) is 0. The first-order valence-corrected chi connectivity index (χ1v) is 9.01. The van der Waals surface area contributed by atoms with Crippen LogP contribution < -0.4 is 4.74 Å². The second-order valence-electron chi connectivity index (χ2n) is 6.25. The number of sulfone groups is 1. The van der Waals surface area contributed by atoms with Gasteiger partial charge in [-0.25, -0.2) is 18.4 Å². The van der Waals surface area contributed by atoms with E-state index in [-0.39, 0.29) is 5.16 Å². The summed E-state index contributed by atoms with van der Waals surface area (Å²) in [6.45, 7) is 0.684. The van der Waals surface area contributed by atoms with E-state index in [2.05, 4.69) is 9.97 Å². The Kier molecular flexibility index (Phi) is 3.44. The quantitative estimate of drug-likeness (QED) is 0.797. The molecular weight excluding hydrogens is 276 g/mol. The van der Waals surface area contributed by atoms with Crippen molar-refractivity contribution in [3.8, 4) is 5.75 Å². The molecule has 0 bridgehead atoms. The van der Waals surface area contributed by atoms with Gasteiger partial charge in [0.1, 0.15) is 0 Å². The highest BCUT2D eigenvalue weighted by Crippen LogP contribution is 2.57. The Labute approximate surface area is 119 Å². The van der Waals surface area contributed by atoms with Crippen molar-refractivity contribution in [2.75, 3.05) is 12.9 Å². The highest BCUT2D eigenvalue weighted by molar-refractivity contribution is 7.90. The molecule has 6 heteroatoms. The predicted octanol–water partition coefficient (Wildman–Crippen LogP) is 2.23. The lowest BCUT2D eigenvalue weighted by atomic mass is 9.79. The third-order valence-corrected chi connectivity index (χ3v) is 5.29. The summed E-state index contributed by atoms with van der Waals surface area (Å²) in [4.78, 5) is 7.66. The molecule has 2 aliphatic carbocycles. The van der Waals surface area contributed by atoms with Crippen molar-refractivity contribution in [3.63, 3.8) is 0 Å². The number of ether oxygens (including phenoxy) is 1. The Morgan fingerprint density at radius 3 is 2.60 bits per heavy atom. The van der Waals surface area contributed by atoms with Crippen LogP contribution in [0.5, 0.6) is 5.75 Å². The molecule has 1 aromatic rings. The van der Waals surface area contributed by atoms with Gasteiger partial charge in [-0.2, -0.15) is 0 Å². The molecule has 0 amide bonds. The van der Waals surface area contributed by atoms with Crippen molar-refractivity contribution >= 4 is 9.84 Å². The monoisotopic (exact) mass is 296 g/mol. The van der Waals surface area contributed by atoms with Crippen LogP contribution in [-0.4, -0.2) is 31.2 Å². The van der Waals surface area contributed by atoms with Gasteiger partial charge in [0.25, 0.3) is 0 Å². The first-order valence-electron chi connectivity index (χ1n) is 7.12. The summed E-state index contributed by atoms with van der Waals surface area (Å²) in [7, 11) is -3.34. The predicted molar refractivity (Wildman–Crippen MR) is 74.3 cm³/mol. The zero-order valence-corrected chi connectivity index (χ0v) is 12.5. The molecule has 3 rings (SSSR count). The lowest BCUT2D eigenvalue weighted by molar-refractivity contribution is 0.165. The second-order valence-corrected chi connectivity index (χ2v) is 8.16. The van der Waals surface area contributed by atoms with Crippen LogP contribution in [0.3, 0.4) is 0 Å². The van der Waals surface area contributed by atoms with E-state index in [1.807, 2.05) is 0 Å². The van der Waals surface area contributed by atoms with Gasteiger partial charge in [0.05, 0.1) is 19.0 Å². The van der Waals surface area contributed by atoms with E-state index < -0.39 is 9.84 Å². The zero-order valence-electron chi connectivity index (χ0n) is 11.7. The molecule has 0 N–H and O–H groups in total. The molecule has 0 aromatic carbocycles. The van der Waals surface area contributed by atoms with Gasteiger partial charge in [-0.1, -0.05) is 6.42 Å². The van der Waals surface area contributed by atoms with Crippen molar-refractivity contribution in [1.82, 2.24) is 9.97 Å². The van der Waals surface area contributed by atoms with Crippen LogP contribution in [0.25, 0.3) is 0 Å². The first-order chi connectivity index (χ1) is 9.47. The summed E-state index contributed by atoms with van der Waals surface area (Å²) in [5.74, 6) is 1.16. The van der Waals surface area contributed by atoms with Crippen LogP contribution in [0, 0.1) is 11.3 Å². The Hall–Kier alpha value is -1.17. The largest absolute Gasteiger partial charge is 0.490 e. The van der Waals surface area contributed by atoms with Gasteiger partial charge in [-0.05, 0) is 43.4 Å². The van der Waals surface area contributed by atoms with Crippen LogP contribution in [0.15, 0.2) is 17.6 Å². The molecule has 0 aliphatic heterocycles. The maximum atomic E-state index is 11.3. The fourth-order valence-electron chi connectivity index (χ4n) is 3.14. The number of aromatic nitrogens is 2. The molecule has 2 saturated carbocycles. The van der Waals surface area contributed by atoms with Crippen LogP contribution in [0.2, 0.25) is 0 Å². The van der Waals surface area contributed by atoms with E-state index in [4.69, 9.17) is 4.74 Å². The summed E-state index contributed by atoms with van der Waals surface area (Å²) in [6.07, 6.45) is 11.9. The Morgan fingerprint density at radius 1 is 1.30 bits per heavy atom. The second kappa shape index (κ2) is 4.98. The van der Waals surface area contributed by atoms with Gasteiger partial charge < -0.3 is 4.74 Å². The molecule has 2 aliphatic rings. The molecule has 110 valence electrons. The minimum absolute atomic E-state index is 0.153. The van der Waals surface area contributed by atoms with Crippen molar-refractivity contribution in [1.29, 1.82) is 0 Å². The summed E-state index contributed by atoms with van der Waals surface area (Å²) in [5.41, 5.74) is 0.642. The van der Waals surface area contributed by atoms with Crippen LogP contribution >= 0.6 is 0 Å². The molecule has 1 aromatic heterocycles. The number of nitrogens with zero attached hydrogens (tertiary/aromatic N) is 2. The van der Waals surface area contributed by atoms with Crippen molar-refractivity contribution in [2.45, 2.75) is 43.7 Å². The van der Waals surface area contributed by atoms with E-state index in [1.165, 1.54) is 50.9 Å². The molecule has 2 fully saturated rings. The highest BCUT2D eigenvalue weighted by Gasteiger charge is 2.45. The van der Waals surface area contributed by atoms with Crippen LogP contribution in [0.1, 0.15) is 38.5 Å². The average Bonchev–Trinajstić information content (AvgIpc) is 3.15. The van der Waals surface area contributed by atoms with E-state index in [0.29, 0.717) is 23.7 Å². The summed E-state index contributed by atoms with van der Waals surface area (Å²) in [6, 6.07) is 0. The van der Waals surface area contributed by atoms with Crippen LogP contribution in [-0.2, 0) is 9.84 Å². The molecule has 0 saturated heterocycles. The highest BCUT2D eigenvalue weighted by atomic mass is 32.2. The third kappa shape index (κ3) is 3.11. The maximum Gasteiger partial charge on any atom is 0.246 e. The molecular formula is C14H20N2O3S. The molecule has 1 atom stereocenters. The summed E-state index contributed by atoms with van der Waals surface area (Å²) < 4.78 is 28.2. The minimum atomic E-state index is -3.34. The lowest BCUT2D eigenvalue weighted by Gasteiger charge is -2.28. The SMILES string of the molecule is CS(=O)(=O)c1ncc(OCC2CCCC3(CC3)C2)cn1. The van der Waals surface area contributed by atoms with E-state index in [1.54, 1.807) is 0 Å². The Balaban J connectivity index is 1.56. The van der Waals surface area contributed by atoms with Gasteiger partial charge in [-0.15, -0.1) is 0 Å². The average molecular weight is 296 g/mol. The van der Waals surface area contributed by atoms with E-state index in [9.17, 15) is 8.42 Å². The molecule has 1 heterocycles. The first kappa shape index (κ1) is 13.8. The topological polar surface area (TPSA) is 69.2 Å². The molecule has 20 heavy (non-hydrogen) atoms.